The number of aromatic nitrogens is 1. The summed E-state index contributed by atoms with van der Waals surface area (Å²) in [4.78, 5) is 39.1. The summed E-state index contributed by atoms with van der Waals surface area (Å²) in [5.41, 5.74) is -5.23. The normalized spacial score (nSPS) is 34.8. The smallest absolute Gasteiger partial charge is 0.276 e. The molecule has 0 saturated carbocycles. The van der Waals surface area contributed by atoms with Crippen molar-refractivity contribution in [2.45, 2.75) is 38.5 Å². The van der Waals surface area contributed by atoms with E-state index in [4.69, 9.17) is 21.2 Å². The zero-order chi connectivity index (χ0) is 32.2. The molecule has 3 heterocycles. The summed E-state index contributed by atoms with van der Waals surface area (Å²) in [7, 11) is 0. The van der Waals surface area contributed by atoms with Crippen molar-refractivity contribution >= 4 is 11.8 Å². The second-order valence-electron chi connectivity index (χ2n) is 5.99. The van der Waals surface area contributed by atoms with Gasteiger partial charge in [0.1, 0.15) is 17.2 Å². The highest BCUT2D eigenvalue weighted by Gasteiger charge is 2.41. The van der Waals surface area contributed by atoms with Gasteiger partial charge in [-0.25, -0.2) is 8.78 Å². The zero-order valence-electron chi connectivity index (χ0n) is 26.6. The number of carbonyl (C=O) groups excluding carboxylic acids is 2. The van der Waals surface area contributed by atoms with Crippen LogP contribution in [0.5, 0.6) is 5.75 Å². The molecule has 2 aromatic rings. The van der Waals surface area contributed by atoms with Gasteiger partial charge >= 0.3 is 0 Å². The van der Waals surface area contributed by atoms with Gasteiger partial charge in [0.15, 0.2) is 17.7 Å². The van der Waals surface area contributed by atoms with E-state index in [0.29, 0.717) is 24.4 Å². The fourth-order valence-corrected chi connectivity index (χ4v) is 2.74. The van der Waals surface area contributed by atoms with Gasteiger partial charge in [-0.2, -0.15) is 0 Å². The molecule has 10 heteroatoms. The van der Waals surface area contributed by atoms with Crippen molar-refractivity contribution in [3.63, 3.8) is 0 Å². The molecule has 1 aromatic carbocycles. The molecule has 158 valence electrons. The monoisotopic (exact) mass is 431 g/mol. The quantitative estimate of drug-likeness (QED) is 0.764. The molecule has 0 radical (unpaired) electrons. The lowest BCUT2D eigenvalue weighted by Gasteiger charge is -2.44. The number of rotatable bonds is 3. The fraction of sp³-hybridized carbons (Fsp3) is 0.350. The molecule has 0 spiro atoms. The number of pyridine rings is 1. The van der Waals surface area contributed by atoms with Crippen LogP contribution in [0.25, 0.3) is 0 Å². The minimum absolute atomic E-state index is 0.0904. The Hall–Kier alpha value is -3.27. The Morgan fingerprint density at radius 3 is 3.03 bits per heavy atom. The molecule has 4 rings (SSSR count). The number of benzene rings is 1. The van der Waals surface area contributed by atoms with Gasteiger partial charge < -0.3 is 24.6 Å². The standard InChI is InChI=1S/C20H19F2N3O5/c1-10-4-5-30-15-9-24-8-13(17(26)18(27)16(24)20(29)25(10)15)19(28)23-7-11-2-3-12(21)6-14(11)22/h2-3,6,8,10,15,27H,4-5,7,9H2,1H3,(H,23,28)/t10-,15+/m1/s1/i1D3,4D2,5D2,7D2,9D2,10D. The summed E-state index contributed by atoms with van der Waals surface area (Å²) in [6, 6.07) is -2.26. The second-order valence-corrected chi connectivity index (χ2v) is 5.99. The summed E-state index contributed by atoms with van der Waals surface area (Å²) in [5, 5.41) is 12.2. The number of halogens is 2. The van der Waals surface area contributed by atoms with Crippen LogP contribution in [0, 0.1) is 11.6 Å². The number of amides is 2. The van der Waals surface area contributed by atoms with E-state index in [9.17, 15) is 28.3 Å². The van der Waals surface area contributed by atoms with Crippen LogP contribution >= 0.6 is 0 Å². The molecule has 1 aromatic heterocycles. The molecule has 2 atom stereocenters. The molecular formula is C20H19F2N3O5. The lowest BCUT2D eigenvalue weighted by molar-refractivity contribution is -0.112. The third kappa shape index (κ3) is 3.32. The molecule has 2 N–H and O–H groups in total. The average molecular weight is 431 g/mol. The Kier molecular flexibility index (Phi) is 2.55. The van der Waals surface area contributed by atoms with Crippen molar-refractivity contribution in [2.75, 3.05) is 6.56 Å². The summed E-state index contributed by atoms with van der Waals surface area (Å²) in [6.45, 7) is -14.1. The topological polar surface area (TPSA) is 101 Å². The van der Waals surface area contributed by atoms with Gasteiger partial charge in [0.05, 0.1) is 22.7 Å². The minimum atomic E-state index is -3.89. The van der Waals surface area contributed by atoms with Gasteiger partial charge in [0.2, 0.25) is 5.43 Å². The lowest BCUT2D eigenvalue weighted by atomic mass is 10.1. The number of hydrogen-bond donors (Lipinski definition) is 2. The van der Waals surface area contributed by atoms with Crippen LogP contribution in [0.4, 0.5) is 8.78 Å². The van der Waals surface area contributed by atoms with Crippen molar-refractivity contribution in [1.29, 1.82) is 0 Å². The summed E-state index contributed by atoms with van der Waals surface area (Å²) in [6.07, 6.45) is -6.29. The van der Waals surface area contributed by atoms with Gasteiger partial charge in [0.25, 0.3) is 11.8 Å². The molecule has 8 nitrogen and oxygen atoms in total. The second kappa shape index (κ2) is 7.52. The predicted molar refractivity (Wildman–Crippen MR) is 99.9 cm³/mol. The van der Waals surface area contributed by atoms with Gasteiger partial charge in [0, 0.05) is 37.2 Å². The Labute approximate surface area is 186 Å². The minimum Gasteiger partial charge on any atom is -0.503 e. The van der Waals surface area contributed by atoms with Crippen LogP contribution in [-0.2, 0) is 17.7 Å². The van der Waals surface area contributed by atoms with E-state index in [2.05, 4.69) is 0 Å². The van der Waals surface area contributed by atoms with E-state index in [1.54, 1.807) is 5.32 Å². The number of nitrogens with one attached hydrogen (secondary N) is 1. The highest BCUT2D eigenvalue weighted by atomic mass is 19.1. The van der Waals surface area contributed by atoms with E-state index < -0.39 is 96.5 Å². The Balaban J connectivity index is 1.90. The maximum absolute atomic E-state index is 14.2. The van der Waals surface area contributed by atoms with Crippen molar-refractivity contribution in [1.82, 2.24) is 14.8 Å². The van der Waals surface area contributed by atoms with E-state index in [0.717, 1.165) is 0 Å². The number of aromatic hydroxyl groups is 1. The Morgan fingerprint density at radius 2 is 2.30 bits per heavy atom. The van der Waals surface area contributed by atoms with Crippen LogP contribution in [0.2, 0.25) is 0 Å². The van der Waals surface area contributed by atoms with Crippen molar-refractivity contribution in [3.8, 4) is 5.75 Å². The molecule has 2 aliphatic heterocycles. The summed E-state index contributed by atoms with van der Waals surface area (Å²) >= 11 is 0. The number of nitrogens with zero attached hydrogens (tertiary/aromatic N) is 2. The maximum atomic E-state index is 14.2. The first-order valence-electron chi connectivity index (χ1n) is 14.1. The van der Waals surface area contributed by atoms with Crippen molar-refractivity contribution in [2.24, 2.45) is 0 Å². The van der Waals surface area contributed by atoms with Gasteiger partial charge in [-0.15, -0.1) is 0 Å². The first kappa shape index (κ1) is 10.2. The Morgan fingerprint density at radius 1 is 1.50 bits per heavy atom. The number of carbonyl (C=O) groups is 2. The lowest BCUT2D eigenvalue weighted by Crippen LogP contribution is -2.57. The molecule has 1 saturated heterocycles. The van der Waals surface area contributed by atoms with Gasteiger partial charge in [-0.05, 0) is 19.3 Å². The highest BCUT2D eigenvalue weighted by Crippen LogP contribution is 2.29. The van der Waals surface area contributed by atoms with E-state index >= 15 is 0 Å². The fourth-order valence-electron chi connectivity index (χ4n) is 2.74. The zero-order valence-corrected chi connectivity index (χ0v) is 14.6. The molecule has 30 heavy (non-hydrogen) atoms. The van der Waals surface area contributed by atoms with Crippen molar-refractivity contribution < 1.29 is 44.7 Å². The predicted octanol–water partition coefficient (Wildman–Crippen LogP) is 1.35. The third-order valence-corrected chi connectivity index (χ3v) is 4.16. The van der Waals surface area contributed by atoms with E-state index in [1.807, 2.05) is 0 Å². The van der Waals surface area contributed by atoms with Gasteiger partial charge in [-0.1, -0.05) is 6.07 Å². The molecule has 0 unspecified atom stereocenters. The highest BCUT2D eigenvalue weighted by molar-refractivity contribution is 5.99. The first-order valence-corrected chi connectivity index (χ1v) is 8.13. The van der Waals surface area contributed by atoms with Crippen LogP contribution in [0.15, 0.2) is 29.2 Å². The van der Waals surface area contributed by atoms with Crippen LogP contribution in [0.3, 0.4) is 0 Å². The SMILES string of the molecule is [2H]C([2H])(NC(=O)c1cn2c(c(O)c1=O)C(=O)N1[C@@H](OC([2H])([2H])C([2H])([2H])[C@@]1([2H])C([2H])([2H])[2H])C2([2H])[2H])c1ccc(F)cc1F. The first-order chi connectivity index (χ1) is 18.8. The molecule has 0 bridgehead atoms. The Bertz CT molecular complexity index is 1580. The van der Waals surface area contributed by atoms with Gasteiger partial charge in [-0.3, -0.25) is 14.4 Å². The van der Waals surface area contributed by atoms with Crippen LogP contribution < -0.4 is 10.7 Å². The van der Waals surface area contributed by atoms with E-state index in [1.165, 1.54) is 0 Å². The third-order valence-electron chi connectivity index (χ3n) is 4.16. The van der Waals surface area contributed by atoms with Crippen molar-refractivity contribution in [3.05, 3.63) is 63.1 Å². The average Bonchev–Trinajstić information content (AvgIpc) is 2.81. The molecule has 2 aliphatic rings. The molecular weight excluding hydrogens is 400 g/mol. The summed E-state index contributed by atoms with van der Waals surface area (Å²) < 4.78 is 129. The molecule has 0 aliphatic carbocycles. The number of ether oxygens (including phenoxy) is 1. The number of hydrogen-bond acceptors (Lipinski definition) is 5. The molecule has 1 fully saturated rings. The van der Waals surface area contributed by atoms with Crippen LogP contribution in [0.1, 0.15) is 56.1 Å². The number of fused-ring (bicyclic) bond motifs is 2. The van der Waals surface area contributed by atoms with Crippen LogP contribution in [-0.4, -0.2) is 45.2 Å². The summed E-state index contributed by atoms with van der Waals surface area (Å²) in [5.74, 6) is -7.76. The largest absolute Gasteiger partial charge is 0.503 e. The maximum Gasteiger partial charge on any atom is 0.276 e. The molecule has 2 amide bonds. The van der Waals surface area contributed by atoms with E-state index in [-0.39, 0.29) is 9.47 Å².